The molecule has 4 heterocycles. The zero-order chi connectivity index (χ0) is 75.7. The number of aromatic nitrogens is 2. The fraction of sp³-hybridized carbons (Fsp3) is 0.373. The summed E-state index contributed by atoms with van der Waals surface area (Å²) in [4.78, 5) is 22.8. The van der Waals surface area contributed by atoms with E-state index in [1.807, 2.05) is 74.8 Å². The van der Waals surface area contributed by atoms with Gasteiger partial charge in [-0.15, -0.1) is 0 Å². The lowest BCUT2D eigenvalue weighted by atomic mass is 9.90. The number of oxazole rings is 2. The lowest BCUT2D eigenvalue weighted by molar-refractivity contribution is -0.786. The number of aryl methyl sites for hydroxylation is 1. The number of sulfonamides is 1. The van der Waals surface area contributed by atoms with E-state index >= 15 is 0 Å². The highest BCUT2D eigenvalue weighted by atomic mass is 32.2. The molecule has 3 N–H and O–H groups in total. The minimum atomic E-state index is -4.11. The van der Waals surface area contributed by atoms with Crippen LogP contribution in [0.5, 0.6) is 11.5 Å². The van der Waals surface area contributed by atoms with Gasteiger partial charge in [-0.1, -0.05) is 115 Å². The number of carbonyl (C=O) groups excluding carboxylic acids is 1. The number of anilines is 2. The minimum absolute atomic E-state index is 0.115. The number of nitrogens with one attached hydrogen (secondary N) is 3. The number of para-hydroxylation sites is 4. The van der Waals surface area contributed by atoms with E-state index in [4.69, 9.17) is 22.7 Å². The summed E-state index contributed by atoms with van der Waals surface area (Å²) in [5.41, 5.74) is 10.3. The Labute approximate surface area is 619 Å². The van der Waals surface area contributed by atoms with Gasteiger partial charge in [0.15, 0.2) is 23.8 Å². The number of hydrogen-bond donors (Lipinski definition) is 3. The van der Waals surface area contributed by atoms with Crippen LogP contribution in [0.4, 0.5) is 39.0 Å². The van der Waals surface area contributed by atoms with Crippen LogP contribution in [0, 0.1) is 29.1 Å². The van der Waals surface area contributed by atoms with E-state index in [1.165, 1.54) is 44.7 Å². The largest absolute Gasteiger partial charge is 0.472 e. The molecule has 0 radical (unpaired) electrons. The zero-order valence-electron chi connectivity index (χ0n) is 62.3. The molecule has 106 heavy (non-hydrogen) atoms. The van der Waals surface area contributed by atoms with Crippen LogP contribution in [0.25, 0.3) is 61.9 Å². The maximum Gasteiger partial charge on any atom is 0.374 e. The predicted molar refractivity (Wildman–Crippen MR) is 408 cm³/mol. The van der Waals surface area contributed by atoms with Gasteiger partial charge in [0, 0.05) is 85.1 Å². The molecule has 564 valence electrons. The number of nitrogens with zero attached hydrogens (tertiary/aromatic N) is 5. The fourth-order valence-corrected chi connectivity index (χ4v) is 13.4. The summed E-state index contributed by atoms with van der Waals surface area (Å²) in [5, 5.41) is 3.98. The summed E-state index contributed by atoms with van der Waals surface area (Å²) in [7, 11) is -0.195. The molecule has 3 aliphatic rings. The number of rotatable bonds is 34. The Morgan fingerprint density at radius 3 is 2.05 bits per heavy atom. The first kappa shape index (κ1) is 80.4. The monoisotopic (exact) mass is 1480 g/mol. The normalized spacial score (nSPS) is 12.4. The van der Waals surface area contributed by atoms with Crippen molar-refractivity contribution in [3.63, 3.8) is 0 Å². The lowest BCUT2D eigenvalue weighted by Gasteiger charge is -2.22. The number of ether oxygens (including phenoxy) is 3. The average Bonchev–Trinajstić information content (AvgIpc) is 1.28. The van der Waals surface area contributed by atoms with Gasteiger partial charge >= 0.3 is 17.1 Å². The Morgan fingerprint density at radius 2 is 1.34 bits per heavy atom. The van der Waals surface area contributed by atoms with Gasteiger partial charge in [0.2, 0.25) is 45.9 Å². The van der Waals surface area contributed by atoms with E-state index in [0.29, 0.717) is 17.7 Å². The molecule has 1 aliphatic carbocycles. The minimum Gasteiger partial charge on any atom is -0.472 e. The van der Waals surface area contributed by atoms with E-state index in [0.717, 1.165) is 167 Å². The van der Waals surface area contributed by atoms with Gasteiger partial charge in [-0.2, -0.15) is 13.3 Å². The number of hydrogen-bond acceptors (Lipinski definition) is 13. The van der Waals surface area contributed by atoms with Gasteiger partial charge in [-0.25, -0.2) is 40.7 Å². The van der Waals surface area contributed by atoms with Crippen LogP contribution in [-0.4, -0.2) is 92.6 Å². The van der Waals surface area contributed by atoms with Crippen molar-refractivity contribution in [2.24, 2.45) is 0 Å². The molecule has 11 rings (SSSR count). The lowest BCUT2D eigenvalue weighted by Crippen LogP contribution is -3.00. The first-order chi connectivity index (χ1) is 51.4. The highest BCUT2D eigenvalue weighted by molar-refractivity contribution is 7.89. The third-order valence-electron chi connectivity index (χ3n) is 18.4. The van der Waals surface area contributed by atoms with Crippen molar-refractivity contribution in [3.05, 3.63) is 204 Å². The summed E-state index contributed by atoms with van der Waals surface area (Å²) in [5.74, 6) is -8.77. The van der Waals surface area contributed by atoms with Crippen LogP contribution in [0.3, 0.4) is 0 Å². The predicted octanol–water partition coefficient (Wildman–Crippen LogP) is 17.0. The first-order valence-corrected chi connectivity index (χ1v) is 38.5. The van der Waals surface area contributed by atoms with Crippen LogP contribution in [0.1, 0.15) is 142 Å². The van der Waals surface area contributed by atoms with Gasteiger partial charge in [0.05, 0.1) is 50.3 Å². The van der Waals surface area contributed by atoms with Crippen LogP contribution in [0.2, 0.25) is 0 Å². The highest BCUT2D eigenvalue weighted by Crippen LogP contribution is 2.43. The van der Waals surface area contributed by atoms with Crippen LogP contribution < -0.4 is 48.7 Å². The standard InChI is InChI=1S/C34H43N2O3.C29H37N2O2.C20H19F5N4O4S/c1-6-11-12-15-22-38-34(37)28-17-14-13-16-27(28)33-29-20-18-25(35(7-2)8-3)23-31(29)39-32-24-26(19-21-30(32)33)36(9-4)10-5;1-3-5-7-13-22-30-24-16-9-11-18-26(24)32-28(30)20-15-21-29-31(23-14-8-6-4-2)25-17-10-12-19-27(25)33-29;1-29(2)12-5-3-11(4-6-12)13-9-27-20(33-13)34(30,31)28-8-7-26-10-32-19-17(24)15(22)14(21)16(23)18(19)25/h13-14,16-21,23-24H,6-12,15,22H2,1-5H3;9-12,15-21H,3-8,13-14,22-23H2,1-2H3;3-6,9,26,28H,7-8,10H2,1-2H3/q2*+1;/p+1. The number of carbonyl (C=O) groups is 1. The number of fused-ring (bicyclic) bond motifs is 4. The molecule has 23 heteroatoms. The molecule has 8 aromatic rings. The molecule has 0 bridgehead atoms. The summed E-state index contributed by atoms with van der Waals surface area (Å²) in [6, 6.07) is 44.5. The Morgan fingerprint density at radius 1 is 0.670 bits per heavy atom. The summed E-state index contributed by atoms with van der Waals surface area (Å²) < 4.78 is 132. The van der Waals surface area contributed by atoms with E-state index < -0.39 is 56.8 Å². The van der Waals surface area contributed by atoms with Crippen molar-refractivity contribution >= 4 is 61.2 Å². The van der Waals surface area contributed by atoms with Crippen LogP contribution >= 0.6 is 0 Å². The second kappa shape index (κ2) is 39.6. The van der Waals surface area contributed by atoms with Crippen molar-refractivity contribution in [1.82, 2.24) is 19.6 Å². The van der Waals surface area contributed by atoms with Gasteiger partial charge in [0.25, 0.3) is 15.5 Å². The van der Waals surface area contributed by atoms with Gasteiger partial charge in [-0.3, -0.25) is 5.32 Å². The maximum absolute atomic E-state index is 13.5. The van der Waals surface area contributed by atoms with Crippen molar-refractivity contribution in [2.75, 3.05) is 83.0 Å². The third kappa shape index (κ3) is 20.3. The Bertz CT molecular complexity index is 4730. The number of allylic oxidation sites excluding steroid dienone is 2. The molecule has 6 aromatic carbocycles. The van der Waals surface area contributed by atoms with Crippen molar-refractivity contribution in [3.8, 4) is 45.3 Å². The number of benzene rings is 7. The molecule has 0 amide bonds. The third-order valence-corrected chi connectivity index (χ3v) is 19.6. The molecule has 0 unspecified atom stereocenters. The Balaban J connectivity index is 0.000000185. The van der Waals surface area contributed by atoms with Gasteiger partial charge in [-0.05, 0) is 131 Å². The molecule has 0 atom stereocenters. The second-order valence-corrected chi connectivity index (χ2v) is 27.5. The SMILES string of the molecule is CCCCCCN1C(=CC=Cc2oc3ccccc3[n+]2CCCCCC)Oc2ccccc21.CCCCCCOC(=O)c1ccccc1-c1c2ccc(=[N+](CC)CC)cc-2oc2cc(N(CC)CC)ccc12.C[NH+](C)c1ccc(-c2cnc(S(=O)(=O)NCCNCOc3c(F)c(F)c(F)c(F)c3F)o2)cc1. The molecule has 0 saturated carbocycles. The van der Waals surface area contributed by atoms with E-state index in [1.54, 1.807) is 12.1 Å². The van der Waals surface area contributed by atoms with Gasteiger partial charge in [0.1, 0.15) is 36.9 Å². The molecule has 17 nitrogen and oxygen atoms in total. The zero-order valence-corrected chi connectivity index (χ0v) is 63.1. The summed E-state index contributed by atoms with van der Waals surface area (Å²) in [6.45, 7) is 20.4. The molecule has 0 saturated heterocycles. The smallest absolute Gasteiger partial charge is 0.374 e. The molecular formula is C83H100F5N8O9S+3. The molecule has 2 aromatic heterocycles. The molecule has 2 aliphatic heterocycles. The molecule has 0 spiro atoms. The topological polar surface area (TPSA) is 173 Å². The van der Waals surface area contributed by atoms with Crippen molar-refractivity contribution < 1.29 is 72.1 Å². The average molecular weight is 1480 g/mol. The van der Waals surface area contributed by atoms with Crippen molar-refractivity contribution in [1.29, 1.82) is 0 Å². The maximum atomic E-state index is 13.5. The van der Waals surface area contributed by atoms with E-state index in [2.05, 4.69) is 166 Å². The van der Waals surface area contributed by atoms with E-state index in [9.17, 15) is 35.2 Å². The first-order valence-electron chi connectivity index (χ1n) is 37.1. The van der Waals surface area contributed by atoms with Crippen LogP contribution in [0.15, 0.2) is 176 Å². The second-order valence-electron chi connectivity index (χ2n) is 25.8. The van der Waals surface area contributed by atoms with E-state index in [-0.39, 0.29) is 24.8 Å². The van der Waals surface area contributed by atoms with Crippen molar-refractivity contribution in [2.45, 2.75) is 137 Å². The number of halogens is 5. The number of quaternary nitrogens is 1. The highest BCUT2D eigenvalue weighted by Gasteiger charge is 2.30. The Kier molecular flexibility index (Phi) is 30.0. The Hall–Kier alpha value is -9.68. The van der Waals surface area contributed by atoms with Crippen LogP contribution in [-0.2, 0) is 21.3 Å². The summed E-state index contributed by atoms with van der Waals surface area (Å²) >= 11 is 0. The molecule has 0 fully saturated rings. The molecular weight excluding hydrogens is 1380 g/mol. The van der Waals surface area contributed by atoms with Gasteiger partial charge < -0.3 is 42.2 Å². The summed E-state index contributed by atoms with van der Waals surface area (Å²) in [6.07, 6.45) is 21.6. The number of unbranched alkanes of at least 4 members (excludes halogenated alkanes) is 9. The fourth-order valence-electron chi connectivity index (χ4n) is 12.5. The number of esters is 1. The quantitative estimate of drug-likeness (QED) is 0.00509.